The molecule has 0 saturated heterocycles. The van der Waals surface area contributed by atoms with Crippen LogP contribution in [-0.2, 0) is 12.8 Å². The third-order valence-corrected chi connectivity index (χ3v) is 3.34. The van der Waals surface area contributed by atoms with E-state index in [4.69, 9.17) is 5.73 Å². The van der Waals surface area contributed by atoms with Crippen LogP contribution in [0.1, 0.15) is 41.7 Å². The van der Waals surface area contributed by atoms with Gasteiger partial charge in [-0.05, 0) is 31.4 Å². The zero-order chi connectivity index (χ0) is 12.4. The molecule has 2 heterocycles. The molecule has 0 amide bonds. The maximum absolute atomic E-state index is 6.06. The van der Waals surface area contributed by atoms with Crippen LogP contribution in [0, 0.1) is 0 Å². The second-order valence-electron chi connectivity index (χ2n) is 4.68. The molecule has 2 N–H and O–H groups in total. The smallest absolute Gasteiger partial charge is 0.134 e. The number of aromatic nitrogens is 3. The second-order valence-corrected chi connectivity index (χ2v) is 4.68. The van der Waals surface area contributed by atoms with E-state index in [1.807, 2.05) is 24.4 Å². The van der Waals surface area contributed by atoms with Gasteiger partial charge in [0, 0.05) is 35.4 Å². The van der Waals surface area contributed by atoms with Crippen LogP contribution in [0.25, 0.3) is 0 Å². The second kappa shape index (κ2) is 4.82. The van der Waals surface area contributed by atoms with Crippen molar-refractivity contribution in [3.8, 4) is 0 Å². The SMILES string of the molecule is NC1CCCc2nc(Cc3ccccn3)ncc21. The van der Waals surface area contributed by atoms with Crippen molar-refractivity contribution in [2.24, 2.45) is 5.73 Å². The van der Waals surface area contributed by atoms with Gasteiger partial charge in [0.1, 0.15) is 5.82 Å². The maximum atomic E-state index is 6.06. The molecule has 0 bridgehead atoms. The molecule has 1 atom stereocenters. The molecule has 0 spiro atoms. The Morgan fingerprint density at radius 1 is 1.28 bits per heavy atom. The van der Waals surface area contributed by atoms with Crippen molar-refractivity contribution in [2.75, 3.05) is 0 Å². The fourth-order valence-electron chi connectivity index (χ4n) is 2.37. The summed E-state index contributed by atoms with van der Waals surface area (Å²) in [7, 11) is 0. The minimum Gasteiger partial charge on any atom is -0.324 e. The first-order valence-corrected chi connectivity index (χ1v) is 6.33. The molecule has 1 aliphatic carbocycles. The van der Waals surface area contributed by atoms with Gasteiger partial charge in [-0.25, -0.2) is 9.97 Å². The van der Waals surface area contributed by atoms with E-state index < -0.39 is 0 Å². The van der Waals surface area contributed by atoms with E-state index in [0.717, 1.165) is 42.0 Å². The summed E-state index contributed by atoms with van der Waals surface area (Å²) >= 11 is 0. The summed E-state index contributed by atoms with van der Waals surface area (Å²) in [6, 6.07) is 6.00. The van der Waals surface area contributed by atoms with Crippen molar-refractivity contribution in [2.45, 2.75) is 31.7 Å². The van der Waals surface area contributed by atoms with Crippen molar-refractivity contribution >= 4 is 0 Å². The molecule has 2 aromatic heterocycles. The molecule has 18 heavy (non-hydrogen) atoms. The van der Waals surface area contributed by atoms with Crippen molar-refractivity contribution in [1.29, 1.82) is 0 Å². The number of nitrogens with two attached hydrogens (primary N) is 1. The van der Waals surface area contributed by atoms with Crippen LogP contribution in [0.2, 0.25) is 0 Å². The summed E-state index contributed by atoms with van der Waals surface area (Å²) in [5.41, 5.74) is 9.29. The lowest BCUT2D eigenvalue weighted by Crippen LogP contribution is -2.19. The molecule has 0 fully saturated rings. The predicted molar refractivity (Wildman–Crippen MR) is 68.9 cm³/mol. The standard InChI is InChI=1S/C14H16N4/c15-12-5-3-6-13-11(12)9-17-14(18-13)8-10-4-1-2-7-16-10/h1-2,4,7,9,12H,3,5-6,8,15H2. The highest BCUT2D eigenvalue weighted by molar-refractivity contribution is 5.25. The minimum atomic E-state index is 0.109. The highest BCUT2D eigenvalue weighted by Gasteiger charge is 2.18. The van der Waals surface area contributed by atoms with E-state index in [0.29, 0.717) is 6.42 Å². The molecule has 1 aliphatic rings. The highest BCUT2D eigenvalue weighted by Crippen LogP contribution is 2.25. The summed E-state index contributed by atoms with van der Waals surface area (Å²) in [6.45, 7) is 0. The van der Waals surface area contributed by atoms with E-state index in [1.165, 1.54) is 0 Å². The lowest BCUT2D eigenvalue weighted by Gasteiger charge is -2.20. The molecular weight excluding hydrogens is 224 g/mol. The molecule has 92 valence electrons. The van der Waals surface area contributed by atoms with Gasteiger partial charge in [0.2, 0.25) is 0 Å². The number of fused-ring (bicyclic) bond motifs is 1. The molecule has 2 aromatic rings. The van der Waals surface area contributed by atoms with Crippen molar-refractivity contribution in [3.05, 3.63) is 53.4 Å². The van der Waals surface area contributed by atoms with Crippen LogP contribution in [0.15, 0.2) is 30.6 Å². The zero-order valence-corrected chi connectivity index (χ0v) is 10.2. The number of hydrogen-bond acceptors (Lipinski definition) is 4. The molecule has 0 aromatic carbocycles. The summed E-state index contributed by atoms with van der Waals surface area (Å²) in [6.07, 6.45) is 7.54. The van der Waals surface area contributed by atoms with Gasteiger partial charge in [-0.3, -0.25) is 4.98 Å². The van der Waals surface area contributed by atoms with E-state index in [-0.39, 0.29) is 6.04 Å². The minimum absolute atomic E-state index is 0.109. The molecular formula is C14H16N4. The zero-order valence-electron chi connectivity index (χ0n) is 10.2. The van der Waals surface area contributed by atoms with Gasteiger partial charge in [0.05, 0.1) is 6.42 Å². The number of pyridine rings is 1. The molecule has 4 nitrogen and oxygen atoms in total. The average molecular weight is 240 g/mol. The Kier molecular flexibility index (Phi) is 3.02. The summed E-state index contributed by atoms with van der Waals surface area (Å²) < 4.78 is 0. The van der Waals surface area contributed by atoms with Crippen LogP contribution in [0.4, 0.5) is 0 Å². The van der Waals surface area contributed by atoms with Crippen LogP contribution in [0.5, 0.6) is 0 Å². The van der Waals surface area contributed by atoms with Gasteiger partial charge in [0.25, 0.3) is 0 Å². The Balaban J connectivity index is 1.86. The predicted octanol–water partition coefficient (Wildman–Crippen LogP) is 1.80. The van der Waals surface area contributed by atoms with Gasteiger partial charge < -0.3 is 5.73 Å². The van der Waals surface area contributed by atoms with Gasteiger partial charge >= 0.3 is 0 Å². The fourth-order valence-corrected chi connectivity index (χ4v) is 2.37. The van der Waals surface area contributed by atoms with Crippen LogP contribution in [0.3, 0.4) is 0 Å². The van der Waals surface area contributed by atoms with Crippen molar-refractivity contribution in [3.63, 3.8) is 0 Å². The molecule has 0 radical (unpaired) electrons. The first-order chi connectivity index (χ1) is 8.83. The number of aryl methyl sites for hydroxylation is 1. The van der Waals surface area contributed by atoms with Gasteiger partial charge in [-0.2, -0.15) is 0 Å². The Hall–Kier alpha value is -1.81. The quantitative estimate of drug-likeness (QED) is 0.869. The monoisotopic (exact) mass is 240 g/mol. The molecule has 0 aliphatic heterocycles. The Morgan fingerprint density at radius 2 is 2.22 bits per heavy atom. The maximum Gasteiger partial charge on any atom is 0.134 e. The number of hydrogen-bond donors (Lipinski definition) is 1. The summed E-state index contributed by atoms with van der Waals surface area (Å²) in [5, 5.41) is 0. The van der Waals surface area contributed by atoms with Crippen molar-refractivity contribution in [1.82, 2.24) is 15.0 Å². The average Bonchev–Trinajstić information content (AvgIpc) is 2.40. The molecule has 3 rings (SSSR count). The third-order valence-electron chi connectivity index (χ3n) is 3.34. The summed E-state index contributed by atoms with van der Waals surface area (Å²) in [5.74, 6) is 0.835. The first kappa shape index (κ1) is 11.3. The lowest BCUT2D eigenvalue weighted by atomic mass is 9.93. The van der Waals surface area contributed by atoms with Gasteiger partial charge in [0.15, 0.2) is 0 Å². The molecule has 1 unspecified atom stereocenters. The fraction of sp³-hybridized carbons (Fsp3) is 0.357. The third kappa shape index (κ3) is 2.24. The Labute approximate surface area is 106 Å². The van der Waals surface area contributed by atoms with Gasteiger partial charge in [-0.15, -0.1) is 0 Å². The normalized spacial score (nSPS) is 18.4. The Bertz CT molecular complexity index is 539. The number of rotatable bonds is 2. The first-order valence-electron chi connectivity index (χ1n) is 6.33. The van der Waals surface area contributed by atoms with Crippen LogP contribution >= 0.6 is 0 Å². The van der Waals surface area contributed by atoms with Crippen LogP contribution < -0.4 is 5.73 Å². The largest absolute Gasteiger partial charge is 0.324 e. The highest BCUT2D eigenvalue weighted by atomic mass is 14.9. The number of nitrogens with zero attached hydrogens (tertiary/aromatic N) is 3. The molecule has 0 saturated carbocycles. The Morgan fingerprint density at radius 3 is 3.06 bits per heavy atom. The van der Waals surface area contributed by atoms with E-state index >= 15 is 0 Å². The van der Waals surface area contributed by atoms with E-state index in [1.54, 1.807) is 6.20 Å². The summed E-state index contributed by atoms with van der Waals surface area (Å²) in [4.78, 5) is 13.3. The van der Waals surface area contributed by atoms with Gasteiger partial charge in [-0.1, -0.05) is 6.07 Å². The van der Waals surface area contributed by atoms with E-state index in [2.05, 4.69) is 15.0 Å². The topological polar surface area (TPSA) is 64.7 Å². The lowest BCUT2D eigenvalue weighted by molar-refractivity contribution is 0.553. The molecule has 4 heteroatoms. The van der Waals surface area contributed by atoms with Crippen molar-refractivity contribution < 1.29 is 0 Å². The van der Waals surface area contributed by atoms with Crippen LogP contribution in [-0.4, -0.2) is 15.0 Å². The van der Waals surface area contributed by atoms with E-state index in [9.17, 15) is 0 Å².